The highest BCUT2D eigenvalue weighted by atomic mass is 19.4. The van der Waals surface area contributed by atoms with Gasteiger partial charge in [-0.2, -0.15) is 13.2 Å². The number of ether oxygens (including phenoxy) is 1. The van der Waals surface area contributed by atoms with Crippen molar-refractivity contribution in [1.82, 2.24) is 4.90 Å². The Morgan fingerprint density at radius 2 is 2.04 bits per heavy atom. The number of urea groups is 1. The molecule has 1 aromatic rings. The maximum atomic E-state index is 12.5. The standard InChI is InChI=1S/C15H20F3N3O2/c1-23-13-6-7-21(12(8-13)9-19)14(22)20-11-4-2-10(3-5-11)15(16,17)18/h2-5,12-13H,6-9,19H2,1H3,(H,20,22). The third kappa shape index (κ3) is 4.35. The molecule has 1 aliphatic heterocycles. The summed E-state index contributed by atoms with van der Waals surface area (Å²) in [4.78, 5) is 13.9. The first-order valence-corrected chi connectivity index (χ1v) is 7.33. The van der Waals surface area contributed by atoms with Crippen LogP contribution in [0.3, 0.4) is 0 Å². The summed E-state index contributed by atoms with van der Waals surface area (Å²) in [7, 11) is 1.62. The summed E-state index contributed by atoms with van der Waals surface area (Å²) in [5.41, 5.74) is 5.27. The van der Waals surface area contributed by atoms with E-state index >= 15 is 0 Å². The van der Waals surface area contributed by atoms with Crippen molar-refractivity contribution in [3.05, 3.63) is 29.8 Å². The molecule has 5 nitrogen and oxygen atoms in total. The van der Waals surface area contributed by atoms with Gasteiger partial charge in [0.1, 0.15) is 0 Å². The van der Waals surface area contributed by atoms with E-state index in [4.69, 9.17) is 10.5 Å². The molecule has 0 spiro atoms. The van der Waals surface area contributed by atoms with Gasteiger partial charge < -0.3 is 20.7 Å². The van der Waals surface area contributed by atoms with Gasteiger partial charge in [0.25, 0.3) is 0 Å². The van der Waals surface area contributed by atoms with Crippen molar-refractivity contribution in [1.29, 1.82) is 0 Å². The predicted octanol–water partition coefficient (Wildman–Crippen LogP) is 2.68. The number of benzene rings is 1. The second kappa shape index (κ2) is 7.18. The van der Waals surface area contributed by atoms with Crippen LogP contribution in [0.5, 0.6) is 0 Å². The van der Waals surface area contributed by atoms with Gasteiger partial charge in [-0.1, -0.05) is 0 Å². The zero-order valence-electron chi connectivity index (χ0n) is 12.8. The molecule has 0 radical (unpaired) electrons. The van der Waals surface area contributed by atoms with Gasteiger partial charge >= 0.3 is 12.2 Å². The lowest BCUT2D eigenvalue weighted by molar-refractivity contribution is -0.137. The van der Waals surface area contributed by atoms with Gasteiger partial charge in [0.05, 0.1) is 11.7 Å². The number of alkyl halides is 3. The van der Waals surface area contributed by atoms with E-state index < -0.39 is 11.7 Å². The molecule has 0 aromatic heterocycles. The molecule has 2 amide bonds. The van der Waals surface area contributed by atoms with Crippen LogP contribution in [0.4, 0.5) is 23.7 Å². The van der Waals surface area contributed by atoms with Crippen LogP contribution >= 0.6 is 0 Å². The third-order valence-electron chi connectivity index (χ3n) is 4.00. The minimum absolute atomic E-state index is 0.0682. The van der Waals surface area contributed by atoms with Gasteiger partial charge in [-0.3, -0.25) is 0 Å². The van der Waals surface area contributed by atoms with Gasteiger partial charge in [0, 0.05) is 31.9 Å². The number of methoxy groups -OCH3 is 1. The van der Waals surface area contributed by atoms with Crippen molar-refractivity contribution in [3.8, 4) is 0 Å². The van der Waals surface area contributed by atoms with Crippen LogP contribution in [0, 0.1) is 0 Å². The molecule has 1 aromatic carbocycles. The predicted molar refractivity (Wildman–Crippen MR) is 80.0 cm³/mol. The highest BCUT2D eigenvalue weighted by molar-refractivity contribution is 5.89. The first kappa shape index (κ1) is 17.6. The molecule has 3 N–H and O–H groups in total. The minimum atomic E-state index is -4.39. The normalized spacial score (nSPS) is 22.0. The maximum Gasteiger partial charge on any atom is 0.416 e. The van der Waals surface area contributed by atoms with Crippen LogP contribution in [0.2, 0.25) is 0 Å². The van der Waals surface area contributed by atoms with Crippen molar-refractivity contribution in [3.63, 3.8) is 0 Å². The van der Waals surface area contributed by atoms with E-state index in [1.807, 2.05) is 0 Å². The Morgan fingerprint density at radius 1 is 1.39 bits per heavy atom. The molecule has 1 fully saturated rings. The summed E-state index contributed by atoms with van der Waals surface area (Å²) < 4.78 is 42.9. The second-order valence-electron chi connectivity index (χ2n) is 5.47. The molecule has 0 bridgehead atoms. The quantitative estimate of drug-likeness (QED) is 0.895. The highest BCUT2D eigenvalue weighted by Gasteiger charge is 2.32. The van der Waals surface area contributed by atoms with E-state index in [0.29, 0.717) is 31.6 Å². The fraction of sp³-hybridized carbons (Fsp3) is 0.533. The molecule has 23 heavy (non-hydrogen) atoms. The number of nitrogens with zero attached hydrogens (tertiary/aromatic N) is 1. The number of amides is 2. The van der Waals surface area contributed by atoms with E-state index in [2.05, 4.69) is 5.32 Å². The van der Waals surface area contributed by atoms with Crippen molar-refractivity contribution >= 4 is 11.7 Å². The molecule has 128 valence electrons. The lowest BCUT2D eigenvalue weighted by Crippen LogP contribution is -2.52. The number of anilines is 1. The Bertz CT molecular complexity index is 534. The summed E-state index contributed by atoms with van der Waals surface area (Å²) in [6.45, 7) is 0.799. The topological polar surface area (TPSA) is 67.6 Å². The Morgan fingerprint density at radius 3 is 2.57 bits per heavy atom. The SMILES string of the molecule is COC1CCN(C(=O)Nc2ccc(C(F)(F)F)cc2)C(CN)C1. The molecular weight excluding hydrogens is 311 g/mol. The van der Waals surface area contributed by atoms with Gasteiger partial charge in [-0.25, -0.2) is 4.79 Å². The van der Waals surface area contributed by atoms with Crippen molar-refractivity contribution in [2.24, 2.45) is 5.73 Å². The lowest BCUT2D eigenvalue weighted by Gasteiger charge is -2.38. The number of carbonyl (C=O) groups is 1. The Labute approximate surface area is 132 Å². The smallest absolute Gasteiger partial charge is 0.381 e. The molecule has 1 aliphatic rings. The van der Waals surface area contributed by atoms with Crippen molar-refractivity contribution < 1.29 is 22.7 Å². The summed E-state index contributed by atoms with van der Waals surface area (Å²) >= 11 is 0. The molecule has 2 atom stereocenters. The van der Waals surface area contributed by atoms with Crippen LogP contribution in [0.25, 0.3) is 0 Å². The number of carbonyl (C=O) groups excluding carboxylic acids is 1. The molecule has 0 saturated carbocycles. The molecule has 1 heterocycles. The fourth-order valence-electron chi connectivity index (χ4n) is 2.66. The van der Waals surface area contributed by atoms with E-state index in [0.717, 1.165) is 12.1 Å². The van der Waals surface area contributed by atoms with E-state index in [1.165, 1.54) is 12.1 Å². The lowest BCUT2D eigenvalue weighted by atomic mass is 10.00. The fourth-order valence-corrected chi connectivity index (χ4v) is 2.66. The number of nitrogens with one attached hydrogen (secondary N) is 1. The number of nitrogens with two attached hydrogens (primary N) is 1. The molecule has 2 rings (SSSR count). The minimum Gasteiger partial charge on any atom is -0.381 e. The Hall–Kier alpha value is -1.80. The molecule has 2 unspecified atom stereocenters. The first-order valence-electron chi connectivity index (χ1n) is 7.33. The summed E-state index contributed by atoms with van der Waals surface area (Å²) in [5.74, 6) is 0. The monoisotopic (exact) mass is 331 g/mol. The third-order valence-corrected chi connectivity index (χ3v) is 4.00. The number of halogens is 3. The van der Waals surface area contributed by atoms with Crippen LogP contribution < -0.4 is 11.1 Å². The Balaban J connectivity index is 2.01. The van der Waals surface area contributed by atoms with Gasteiger partial charge in [0.15, 0.2) is 0 Å². The molecule has 8 heteroatoms. The Kier molecular flexibility index (Phi) is 5.48. The van der Waals surface area contributed by atoms with Crippen LogP contribution in [-0.2, 0) is 10.9 Å². The van der Waals surface area contributed by atoms with E-state index in [9.17, 15) is 18.0 Å². The summed E-state index contributed by atoms with van der Waals surface area (Å²) in [5, 5.41) is 2.61. The molecular formula is C15H20F3N3O2. The zero-order valence-corrected chi connectivity index (χ0v) is 12.8. The largest absolute Gasteiger partial charge is 0.416 e. The van der Waals surface area contributed by atoms with Crippen LogP contribution in [0.1, 0.15) is 18.4 Å². The maximum absolute atomic E-state index is 12.5. The number of rotatable bonds is 3. The summed E-state index contributed by atoms with van der Waals surface area (Å²) in [6.07, 6.45) is -2.98. The zero-order chi connectivity index (χ0) is 17.0. The van der Waals surface area contributed by atoms with Gasteiger partial charge in [-0.05, 0) is 37.1 Å². The van der Waals surface area contributed by atoms with Gasteiger partial charge in [-0.15, -0.1) is 0 Å². The van der Waals surface area contributed by atoms with E-state index in [1.54, 1.807) is 12.0 Å². The van der Waals surface area contributed by atoms with Crippen molar-refractivity contribution in [2.45, 2.75) is 31.2 Å². The van der Waals surface area contributed by atoms with E-state index in [-0.39, 0.29) is 18.2 Å². The number of hydrogen-bond donors (Lipinski definition) is 2. The number of piperidine rings is 1. The highest BCUT2D eigenvalue weighted by Crippen LogP contribution is 2.30. The average Bonchev–Trinajstić information content (AvgIpc) is 2.53. The van der Waals surface area contributed by atoms with Crippen LogP contribution in [0.15, 0.2) is 24.3 Å². The first-order chi connectivity index (χ1) is 10.8. The molecule has 1 saturated heterocycles. The average molecular weight is 331 g/mol. The number of hydrogen-bond acceptors (Lipinski definition) is 3. The summed E-state index contributed by atoms with van der Waals surface area (Å²) in [6, 6.07) is 3.83. The van der Waals surface area contributed by atoms with Crippen molar-refractivity contribution in [2.75, 3.05) is 25.5 Å². The second-order valence-corrected chi connectivity index (χ2v) is 5.47. The molecule has 0 aliphatic carbocycles. The van der Waals surface area contributed by atoms with Gasteiger partial charge in [0.2, 0.25) is 0 Å². The van der Waals surface area contributed by atoms with Crippen LogP contribution in [-0.4, -0.2) is 43.3 Å². The number of likely N-dealkylation sites (tertiary alicyclic amines) is 1.